The molecule has 1 unspecified atom stereocenters. The van der Waals surface area contributed by atoms with Crippen molar-refractivity contribution in [2.24, 2.45) is 4.99 Å². The Labute approximate surface area is 129 Å². The molecule has 4 nitrogen and oxygen atoms in total. The van der Waals surface area contributed by atoms with Crippen molar-refractivity contribution in [1.29, 1.82) is 0 Å². The largest absolute Gasteiger partial charge is 0.466 e. The van der Waals surface area contributed by atoms with Crippen LogP contribution in [0.25, 0.3) is 0 Å². The number of methoxy groups -OCH3 is 1. The van der Waals surface area contributed by atoms with Crippen LogP contribution in [0, 0.1) is 0 Å². The van der Waals surface area contributed by atoms with E-state index in [4.69, 9.17) is 9.47 Å². The second kappa shape index (κ2) is 6.43. The first-order valence-electron chi connectivity index (χ1n) is 7.19. The molecule has 0 fully saturated rings. The fraction of sp³-hybridized carbons (Fsp3) is 0.222. The van der Waals surface area contributed by atoms with Gasteiger partial charge < -0.3 is 9.47 Å². The van der Waals surface area contributed by atoms with Gasteiger partial charge in [0.15, 0.2) is 0 Å². The highest BCUT2D eigenvalue weighted by molar-refractivity contribution is 5.97. The molecule has 22 heavy (non-hydrogen) atoms. The molecule has 0 aliphatic carbocycles. The number of hydrogen-bond acceptors (Lipinski definition) is 4. The maximum atomic E-state index is 12.0. The predicted molar refractivity (Wildman–Crippen MR) is 83.8 cm³/mol. The Morgan fingerprint density at radius 1 is 1.09 bits per heavy atom. The summed E-state index contributed by atoms with van der Waals surface area (Å²) in [5.74, 6) is 0.104. The number of esters is 1. The molecule has 2 aromatic carbocycles. The summed E-state index contributed by atoms with van der Waals surface area (Å²) in [6.07, 6.45) is -0.0582. The Kier molecular flexibility index (Phi) is 4.19. The Morgan fingerprint density at radius 3 is 2.36 bits per heavy atom. The van der Waals surface area contributed by atoms with Crippen LogP contribution in [0.4, 0.5) is 0 Å². The van der Waals surface area contributed by atoms with E-state index in [1.54, 1.807) is 0 Å². The summed E-state index contributed by atoms with van der Waals surface area (Å²) < 4.78 is 10.6. The normalized spacial score (nSPS) is 20.1. The van der Waals surface area contributed by atoms with Crippen molar-refractivity contribution in [3.05, 3.63) is 71.8 Å². The zero-order chi connectivity index (χ0) is 15.4. The van der Waals surface area contributed by atoms with E-state index in [2.05, 4.69) is 4.99 Å². The van der Waals surface area contributed by atoms with Gasteiger partial charge in [-0.25, -0.2) is 9.79 Å². The van der Waals surface area contributed by atoms with Crippen molar-refractivity contribution in [3.8, 4) is 0 Å². The SMILES string of the molecule is COC(=O)C1OC(c2ccccc2)=N[C@H]1Cc1ccccc1. The molecule has 0 amide bonds. The van der Waals surface area contributed by atoms with E-state index >= 15 is 0 Å². The van der Waals surface area contributed by atoms with Crippen molar-refractivity contribution in [2.75, 3.05) is 7.11 Å². The smallest absolute Gasteiger partial charge is 0.349 e. The first kappa shape index (κ1) is 14.3. The second-order valence-corrected chi connectivity index (χ2v) is 5.12. The molecule has 0 N–H and O–H groups in total. The van der Waals surface area contributed by atoms with Crippen LogP contribution in [0.3, 0.4) is 0 Å². The van der Waals surface area contributed by atoms with Crippen LogP contribution < -0.4 is 0 Å². The fourth-order valence-corrected chi connectivity index (χ4v) is 2.50. The molecule has 1 aliphatic rings. The summed E-state index contributed by atoms with van der Waals surface area (Å²) >= 11 is 0. The number of aliphatic imine (C=N–C) groups is 1. The van der Waals surface area contributed by atoms with E-state index in [-0.39, 0.29) is 6.04 Å². The number of hydrogen-bond donors (Lipinski definition) is 0. The van der Waals surface area contributed by atoms with Gasteiger partial charge in [0.1, 0.15) is 6.04 Å². The van der Waals surface area contributed by atoms with Crippen molar-refractivity contribution in [3.63, 3.8) is 0 Å². The minimum absolute atomic E-state index is 0.273. The highest BCUT2D eigenvalue weighted by Crippen LogP contribution is 2.22. The zero-order valence-electron chi connectivity index (χ0n) is 12.3. The molecule has 4 heteroatoms. The maximum absolute atomic E-state index is 12.0. The third-order valence-electron chi connectivity index (χ3n) is 3.61. The van der Waals surface area contributed by atoms with Crippen LogP contribution >= 0.6 is 0 Å². The quantitative estimate of drug-likeness (QED) is 0.815. The van der Waals surface area contributed by atoms with E-state index in [0.29, 0.717) is 12.3 Å². The van der Waals surface area contributed by atoms with Crippen LogP contribution in [0.1, 0.15) is 11.1 Å². The lowest BCUT2D eigenvalue weighted by Gasteiger charge is -2.15. The van der Waals surface area contributed by atoms with E-state index in [0.717, 1.165) is 11.1 Å². The van der Waals surface area contributed by atoms with Gasteiger partial charge >= 0.3 is 5.97 Å². The summed E-state index contributed by atoms with van der Waals surface area (Å²) in [5.41, 5.74) is 1.98. The summed E-state index contributed by atoms with van der Waals surface area (Å²) in [6.45, 7) is 0. The highest BCUT2D eigenvalue weighted by atomic mass is 16.6. The first-order valence-corrected chi connectivity index (χ1v) is 7.19. The van der Waals surface area contributed by atoms with Gasteiger partial charge in [-0.2, -0.15) is 0 Å². The third-order valence-corrected chi connectivity index (χ3v) is 3.61. The summed E-state index contributed by atoms with van der Waals surface area (Å²) in [7, 11) is 1.37. The fourth-order valence-electron chi connectivity index (χ4n) is 2.50. The summed E-state index contributed by atoms with van der Waals surface area (Å²) in [5, 5.41) is 0. The Bertz CT molecular complexity index is 667. The molecule has 0 aromatic heterocycles. The molecule has 0 radical (unpaired) electrons. The molecular formula is C18H17NO3. The van der Waals surface area contributed by atoms with Gasteiger partial charge in [-0.3, -0.25) is 0 Å². The molecule has 0 bridgehead atoms. The summed E-state index contributed by atoms with van der Waals surface area (Å²) in [4.78, 5) is 16.6. The predicted octanol–water partition coefficient (Wildman–Crippen LogP) is 2.62. The zero-order valence-corrected chi connectivity index (χ0v) is 12.3. The number of carbonyl (C=O) groups is 1. The van der Waals surface area contributed by atoms with Crippen molar-refractivity contribution >= 4 is 11.9 Å². The van der Waals surface area contributed by atoms with Gasteiger partial charge in [0.25, 0.3) is 0 Å². The average molecular weight is 295 g/mol. The van der Waals surface area contributed by atoms with Crippen molar-refractivity contribution in [2.45, 2.75) is 18.6 Å². The second-order valence-electron chi connectivity index (χ2n) is 5.12. The van der Waals surface area contributed by atoms with Gasteiger partial charge in [0.05, 0.1) is 7.11 Å². The van der Waals surface area contributed by atoms with Crippen LogP contribution in [-0.4, -0.2) is 31.1 Å². The molecule has 1 heterocycles. The minimum atomic E-state index is -0.694. The van der Waals surface area contributed by atoms with Gasteiger partial charge in [-0.15, -0.1) is 0 Å². The van der Waals surface area contributed by atoms with Crippen molar-refractivity contribution in [1.82, 2.24) is 0 Å². The van der Waals surface area contributed by atoms with Gasteiger partial charge in [-0.05, 0) is 24.1 Å². The molecule has 0 saturated heterocycles. The number of ether oxygens (including phenoxy) is 2. The molecule has 0 spiro atoms. The topological polar surface area (TPSA) is 47.9 Å². The van der Waals surface area contributed by atoms with E-state index < -0.39 is 12.1 Å². The van der Waals surface area contributed by atoms with Gasteiger partial charge in [-0.1, -0.05) is 48.5 Å². The lowest BCUT2D eigenvalue weighted by molar-refractivity contribution is -0.149. The van der Waals surface area contributed by atoms with E-state index in [1.165, 1.54) is 7.11 Å². The van der Waals surface area contributed by atoms with Crippen molar-refractivity contribution < 1.29 is 14.3 Å². The average Bonchev–Trinajstić information content (AvgIpc) is 3.00. The highest BCUT2D eigenvalue weighted by Gasteiger charge is 2.38. The Balaban J connectivity index is 1.86. The minimum Gasteiger partial charge on any atom is -0.466 e. The van der Waals surface area contributed by atoms with Gasteiger partial charge in [0, 0.05) is 5.56 Å². The Morgan fingerprint density at radius 2 is 1.73 bits per heavy atom. The first-order chi connectivity index (χ1) is 10.8. The Hall–Kier alpha value is -2.62. The summed E-state index contributed by atoms with van der Waals surface area (Å²) in [6, 6.07) is 19.3. The molecule has 0 saturated carbocycles. The molecule has 112 valence electrons. The van der Waals surface area contributed by atoms with E-state index in [9.17, 15) is 4.79 Å². The lowest BCUT2D eigenvalue weighted by Crippen LogP contribution is -2.34. The van der Waals surface area contributed by atoms with Crippen LogP contribution in [0.5, 0.6) is 0 Å². The van der Waals surface area contributed by atoms with Crippen LogP contribution in [-0.2, 0) is 20.7 Å². The number of rotatable bonds is 4. The monoisotopic (exact) mass is 295 g/mol. The molecule has 2 atom stereocenters. The lowest BCUT2D eigenvalue weighted by atomic mass is 10.0. The number of carbonyl (C=O) groups excluding carboxylic acids is 1. The third kappa shape index (κ3) is 3.01. The molecule has 3 rings (SSSR count). The van der Waals surface area contributed by atoms with E-state index in [1.807, 2.05) is 60.7 Å². The molecule has 2 aromatic rings. The van der Waals surface area contributed by atoms with Crippen LogP contribution in [0.2, 0.25) is 0 Å². The van der Waals surface area contributed by atoms with Gasteiger partial charge in [0.2, 0.25) is 12.0 Å². The number of benzene rings is 2. The maximum Gasteiger partial charge on any atom is 0.349 e. The molecular weight excluding hydrogens is 278 g/mol. The number of nitrogens with zero attached hydrogens (tertiary/aromatic N) is 1. The van der Waals surface area contributed by atoms with Crippen LogP contribution in [0.15, 0.2) is 65.7 Å². The molecule has 1 aliphatic heterocycles. The standard InChI is InChI=1S/C18H17NO3/c1-21-18(20)16-15(12-13-8-4-2-5-9-13)19-17(22-16)14-10-6-3-7-11-14/h2-11,15-16H,12H2,1H3/t15-,16?/m0/s1.